The van der Waals surface area contributed by atoms with Gasteiger partial charge in [0.25, 0.3) is 0 Å². The molecule has 0 N–H and O–H groups in total. The van der Waals surface area contributed by atoms with Gasteiger partial charge in [0, 0.05) is 20.9 Å². The van der Waals surface area contributed by atoms with Gasteiger partial charge < -0.3 is 4.57 Å². The number of allylic oxidation sites excluding steroid dienone is 10. The number of fused-ring (bicyclic) bond motifs is 3. The van der Waals surface area contributed by atoms with Crippen molar-refractivity contribution in [3.63, 3.8) is 0 Å². The molecule has 0 saturated heterocycles. The van der Waals surface area contributed by atoms with Crippen molar-refractivity contribution in [3.05, 3.63) is 168 Å². The van der Waals surface area contributed by atoms with E-state index in [4.69, 9.17) is 0 Å². The second-order valence-electron chi connectivity index (χ2n) is 9.57. The molecule has 0 radical (unpaired) electrons. The van der Waals surface area contributed by atoms with Gasteiger partial charge in [-0.15, -0.1) is 0 Å². The van der Waals surface area contributed by atoms with Crippen molar-refractivity contribution in [3.8, 4) is 16.8 Å². The number of benzene rings is 4. The molecule has 204 valence electrons. The number of halogens is 1. The second-order valence-corrected chi connectivity index (χ2v) is 10.4. The molecule has 0 fully saturated rings. The normalized spacial score (nSPS) is 12.4. The van der Waals surface area contributed by atoms with Gasteiger partial charge in [-0.25, -0.2) is 0 Å². The van der Waals surface area contributed by atoms with E-state index in [1.807, 2.05) is 51.2 Å². The molecular formula is C39H36BrN. The fourth-order valence-electron chi connectivity index (χ4n) is 4.85. The number of hydrogen-bond donors (Lipinski definition) is 0. The minimum Gasteiger partial charge on any atom is -0.309 e. The van der Waals surface area contributed by atoms with Crippen LogP contribution in [0, 0.1) is 0 Å². The van der Waals surface area contributed by atoms with Crippen LogP contribution in [0.5, 0.6) is 0 Å². The molecular weight excluding hydrogens is 562 g/mol. The maximum absolute atomic E-state index is 3.96. The Hall–Kier alpha value is -4.40. The van der Waals surface area contributed by atoms with Gasteiger partial charge in [0.15, 0.2) is 0 Å². The van der Waals surface area contributed by atoms with Gasteiger partial charge in [-0.3, -0.25) is 0 Å². The SMILES string of the molecule is C=C/C(Br)=C(\C=C/C)c1ccccc1-c1ccc2c3ccccc3n(-c3ccccc3)c2c1.C=C/C(C)=C\C=C/C. The van der Waals surface area contributed by atoms with Gasteiger partial charge >= 0.3 is 0 Å². The van der Waals surface area contributed by atoms with Crippen LogP contribution in [0.15, 0.2) is 163 Å². The van der Waals surface area contributed by atoms with Gasteiger partial charge in [-0.2, -0.15) is 0 Å². The summed E-state index contributed by atoms with van der Waals surface area (Å²) in [5, 5.41) is 2.52. The number of nitrogens with zero attached hydrogens (tertiary/aromatic N) is 1. The van der Waals surface area contributed by atoms with Crippen molar-refractivity contribution < 1.29 is 0 Å². The Kier molecular flexibility index (Phi) is 10.3. The molecule has 0 aliphatic heterocycles. The van der Waals surface area contributed by atoms with Crippen molar-refractivity contribution in [1.82, 2.24) is 4.57 Å². The lowest BCUT2D eigenvalue weighted by Crippen LogP contribution is -1.94. The first kappa shape index (κ1) is 29.6. The first-order valence-corrected chi connectivity index (χ1v) is 14.6. The van der Waals surface area contributed by atoms with Crippen LogP contribution in [0.3, 0.4) is 0 Å². The molecule has 1 nitrogen and oxygen atoms in total. The fraction of sp³-hybridized carbons (Fsp3) is 0.0769. The Balaban J connectivity index is 0.000000426. The molecule has 5 rings (SSSR count). The lowest BCUT2D eigenvalue weighted by atomic mass is 9.93. The summed E-state index contributed by atoms with van der Waals surface area (Å²) >= 11 is 3.70. The Morgan fingerprint density at radius 2 is 1.41 bits per heavy atom. The minimum absolute atomic E-state index is 0.979. The van der Waals surface area contributed by atoms with Crippen molar-refractivity contribution in [2.45, 2.75) is 20.8 Å². The lowest BCUT2D eigenvalue weighted by Gasteiger charge is -2.13. The van der Waals surface area contributed by atoms with E-state index in [0.717, 1.165) is 15.7 Å². The average Bonchev–Trinajstić information content (AvgIpc) is 3.36. The highest BCUT2D eigenvalue weighted by Gasteiger charge is 2.15. The van der Waals surface area contributed by atoms with E-state index in [-0.39, 0.29) is 0 Å². The van der Waals surface area contributed by atoms with Crippen LogP contribution in [-0.4, -0.2) is 4.57 Å². The monoisotopic (exact) mass is 597 g/mol. The summed E-state index contributed by atoms with van der Waals surface area (Å²) in [5.74, 6) is 0. The van der Waals surface area contributed by atoms with Crippen LogP contribution in [0.1, 0.15) is 26.3 Å². The summed E-state index contributed by atoms with van der Waals surface area (Å²) in [7, 11) is 0. The molecule has 0 bridgehead atoms. The van der Waals surface area contributed by atoms with Crippen molar-refractivity contribution in [1.29, 1.82) is 0 Å². The summed E-state index contributed by atoms with van der Waals surface area (Å²) in [5.41, 5.74) is 9.44. The fourth-order valence-corrected chi connectivity index (χ4v) is 5.20. The van der Waals surface area contributed by atoms with Gasteiger partial charge in [-0.1, -0.05) is 150 Å². The molecule has 0 spiro atoms. The summed E-state index contributed by atoms with van der Waals surface area (Å²) in [4.78, 5) is 0. The zero-order chi connectivity index (χ0) is 29.2. The largest absolute Gasteiger partial charge is 0.309 e. The quantitative estimate of drug-likeness (QED) is 0.164. The number of rotatable bonds is 7. The zero-order valence-electron chi connectivity index (χ0n) is 24.0. The molecule has 1 aromatic heterocycles. The molecule has 5 aromatic rings. The predicted octanol–water partition coefficient (Wildman–Crippen LogP) is 12.0. The lowest BCUT2D eigenvalue weighted by molar-refractivity contribution is 1.18. The van der Waals surface area contributed by atoms with Gasteiger partial charge in [0.1, 0.15) is 0 Å². The third-order valence-electron chi connectivity index (χ3n) is 6.86. The van der Waals surface area contributed by atoms with E-state index >= 15 is 0 Å². The molecule has 4 aromatic carbocycles. The standard InChI is InChI=1S/C31H24BrN.C8H12/c1-3-12-26(29(32)4-2)25-16-9-8-15-24(25)22-19-20-28-27-17-10-11-18-30(27)33(31(28)21-22)23-13-6-5-7-14-23;1-4-6-7-8(3)5-2/h3-21H,2H2,1H3;4-7H,2H2,1,3H3/b12-3-,29-26-;6-4-,8-7-. The zero-order valence-corrected chi connectivity index (χ0v) is 25.6. The highest BCUT2D eigenvalue weighted by molar-refractivity contribution is 9.12. The summed E-state index contributed by atoms with van der Waals surface area (Å²) in [6.45, 7) is 13.6. The topological polar surface area (TPSA) is 4.93 Å². The van der Waals surface area contributed by atoms with Crippen molar-refractivity contribution in [2.75, 3.05) is 0 Å². The van der Waals surface area contributed by atoms with Crippen LogP contribution in [-0.2, 0) is 0 Å². The molecule has 0 atom stereocenters. The Morgan fingerprint density at radius 1 is 0.732 bits per heavy atom. The van der Waals surface area contributed by atoms with E-state index in [9.17, 15) is 0 Å². The number of hydrogen-bond acceptors (Lipinski definition) is 0. The van der Waals surface area contributed by atoms with Crippen LogP contribution < -0.4 is 0 Å². The van der Waals surface area contributed by atoms with E-state index < -0.39 is 0 Å². The Bertz CT molecular complexity index is 1790. The maximum Gasteiger partial charge on any atom is 0.0547 e. The molecule has 1 heterocycles. The van der Waals surface area contributed by atoms with Gasteiger partial charge in [0.2, 0.25) is 0 Å². The minimum atomic E-state index is 0.979. The molecule has 0 amide bonds. The third-order valence-corrected chi connectivity index (χ3v) is 7.61. The van der Waals surface area contributed by atoms with Gasteiger partial charge in [-0.05, 0) is 67.3 Å². The Labute approximate surface area is 253 Å². The van der Waals surface area contributed by atoms with E-state index in [0.29, 0.717) is 0 Å². The van der Waals surface area contributed by atoms with E-state index in [2.05, 4.69) is 143 Å². The third kappa shape index (κ3) is 6.67. The number of para-hydroxylation sites is 2. The van der Waals surface area contributed by atoms with Crippen LogP contribution in [0.2, 0.25) is 0 Å². The average molecular weight is 599 g/mol. The summed E-state index contributed by atoms with van der Waals surface area (Å²) < 4.78 is 3.34. The highest BCUT2D eigenvalue weighted by atomic mass is 79.9. The van der Waals surface area contributed by atoms with E-state index in [1.54, 1.807) is 0 Å². The smallest absolute Gasteiger partial charge is 0.0547 e. The first-order chi connectivity index (χ1) is 20.0. The van der Waals surface area contributed by atoms with Crippen molar-refractivity contribution >= 4 is 43.3 Å². The number of aromatic nitrogens is 1. The second kappa shape index (κ2) is 14.3. The predicted molar refractivity (Wildman–Crippen MR) is 186 cm³/mol. The molecule has 0 aliphatic rings. The molecule has 0 aliphatic carbocycles. The van der Waals surface area contributed by atoms with Crippen molar-refractivity contribution in [2.24, 2.45) is 0 Å². The molecule has 0 unspecified atom stereocenters. The Morgan fingerprint density at radius 3 is 2.12 bits per heavy atom. The van der Waals surface area contributed by atoms with Crippen LogP contribution in [0.25, 0.3) is 44.2 Å². The van der Waals surface area contributed by atoms with Crippen LogP contribution in [0.4, 0.5) is 0 Å². The molecule has 2 heteroatoms. The van der Waals surface area contributed by atoms with Gasteiger partial charge in [0.05, 0.1) is 11.0 Å². The molecule has 41 heavy (non-hydrogen) atoms. The summed E-state index contributed by atoms with van der Waals surface area (Å²) in [6.07, 6.45) is 13.9. The maximum atomic E-state index is 3.96. The first-order valence-electron chi connectivity index (χ1n) is 13.8. The van der Waals surface area contributed by atoms with Crippen LogP contribution >= 0.6 is 15.9 Å². The van der Waals surface area contributed by atoms with E-state index in [1.165, 1.54) is 44.1 Å². The highest BCUT2D eigenvalue weighted by Crippen LogP contribution is 2.38. The summed E-state index contributed by atoms with van der Waals surface area (Å²) in [6, 6.07) is 34.6. The molecule has 0 saturated carbocycles.